The lowest BCUT2D eigenvalue weighted by molar-refractivity contribution is -0.142. The third-order valence-corrected chi connectivity index (χ3v) is 4.38. The van der Waals surface area contributed by atoms with E-state index in [9.17, 15) is 9.59 Å². The summed E-state index contributed by atoms with van der Waals surface area (Å²) in [6.45, 7) is 4.61. The monoisotopic (exact) mass is 303 g/mol. The van der Waals surface area contributed by atoms with E-state index in [2.05, 4.69) is 0 Å². The summed E-state index contributed by atoms with van der Waals surface area (Å²) in [5.41, 5.74) is 5.90. The minimum atomic E-state index is 0. The van der Waals surface area contributed by atoms with Crippen LogP contribution in [0.25, 0.3) is 0 Å². The Labute approximate surface area is 127 Å². The number of amides is 2. The second-order valence-electron chi connectivity index (χ2n) is 5.85. The molecule has 2 N–H and O–H groups in total. The first kappa shape index (κ1) is 17.2. The van der Waals surface area contributed by atoms with Crippen LogP contribution in [0.4, 0.5) is 0 Å². The molecule has 0 aromatic carbocycles. The lowest BCUT2D eigenvalue weighted by Gasteiger charge is -2.35. The van der Waals surface area contributed by atoms with Gasteiger partial charge in [-0.15, -0.1) is 12.4 Å². The molecule has 0 aromatic rings. The molecule has 2 rings (SSSR count). The predicted molar refractivity (Wildman–Crippen MR) is 80.6 cm³/mol. The minimum Gasteiger partial charge on any atom is -0.341 e. The van der Waals surface area contributed by atoms with Crippen LogP contribution in [0.1, 0.15) is 39.0 Å². The topological polar surface area (TPSA) is 66.6 Å². The highest BCUT2D eigenvalue weighted by Crippen LogP contribution is 2.20. The van der Waals surface area contributed by atoms with Gasteiger partial charge in [-0.25, -0.2) is 0 Å². The Morgan fingerprint density at radius 3 is 2.50 bits per heavy atom. The minimum absolute atomic E-state index is 0. The van der Waals surface area contributed by atoms with E-state index in [0.717, 1.165) is 45.3 Å². The Balaban J connectivity index is 0.00000200. The van der Waals surface area contributed by atoms with E-state index in [1.54, 1.807) is 4.90 Å². The van der Waals surface area contributed by atoms with Gasteiger partial charge in [0, 0.05) is 32.1 Å². The summed E-state index contributed by atoms with van der Waals surface area (Å²) >= 11 is 0. The van der Waals surface area contributed by atoms with Crippen molar-refractivity contribution in [3.8, 4) is 0 Å². The first-order valence-electron chi connectivity index (χ1n) is 7.39. The number of nitrogens with two attached hydrogens (primary N) is 1. The molecule has 1 unspecified atom stereocenters. The smallest absolute Gasteiger partial charge is 0.242 e. The van der Waals surface area contributed by atoms with Gasteiger partial charge in [0.25, 0.3) is 0 Å². The zero-order valence-corrected chi connectivity index (χ0v) is 13.0. The first-order valence-corrected chi connectivity index (χ1v) is 7.39. The van der Waals surface area contributed by atoms with Crippen LogP contribution in [0.5, 0.6) is 0 Å². The van der Waals surface area contributed by atoms with Gasteiger partial charge in [-0.2, -0.15) is 0 Å². The molecule has 20 heavy (non-hydrogen) atoms. The van der Waals surface area contributed by atoms with Crippen molar-refractivity contribution in [3.05, 3.63) is 0 Å². The molecule has 0 saturated carbocycles. The summed E-state index contributed by atoms with van der Waals surface area (Å²) in [7, 11) is 0. The van der Waals surface area contributed by atoms with Crippen LogP contribution in [-0.4, -0.2) is 53.8 Å². The molecule has 2 saturated heterocycles. The van der Waals surface area contributed by atoms with Gasteiger partial charge in [-0.3, -0.25) is 9.59 Å². The fraction of sp³-hybridized carbons (Fsp3) is 0.857. The van der Waals surface area contributed by atoms with E-state index in [-0.39, 0.29) is 36.8 Å². The van der Waals surface area contributed by atoms with Crippen molar-refractivity contribution < 1.29 is 9.59 Å². The maximum absolute atomic E-state index is 12.2. The third kappa shape index (κ3) is 4.35. The van der Waals surface area contributed by atoms with Gasteiger partial charge in [-0.1, -0.05) is 0 Å². The molecular weight excluding hydrogens is 278 g/mol. The SMILES string of the molecule is CC(N)C1CCN(C(=O)CN2CCCCC2=O)CC1.Cl. The Kier molecular flexibility index (Phi) is 6.76. The number of hydrogen-bond acceptors (Lipinski definition) is 3. The molecule has 0 spiro atoms. The summed E-state index contributed by atoms with van der Waals surface area (Å²) < 4.78 is 0. The van der Waals surface area contributed by atoms with Gasteiger partial charge in [0.2, 0.25) is 11.8 Å². The van der Waals surface area contributed by atoms with Gasteiger partial charge in [0.1, 0.15) is 0 Å². The molecular formula is C14H26ClN3O2. The Morgan fingerprint density at radius 1 is 1.30 bits per heavy atom. The van der Waals surface area contributed by atoms with Crippen LogP contribution >= 0.6 is 12.4 Å². The highest BCUT2D eigenvalue weighted by atomic mass is 35.5. The molecule has 1 atom stereocenters. The zero-order valence-electron chi connectivity index (χ0n) is 12.2. The van der Waals surface area contributed by atoms with E-state index >= 15 is 0 Å². The molecule has 2 amide bonds. The molecule has 116 valence electrons. The van der Waals surface area contributed by atoms with Crippen LogP contribution < -0.4 is 5.73 Å². The van der Waals surface area contributed by atoms with E-state index in [0.29, 0.717) is 12.3 Å². The van der Waals surface area contributed by atoms with Crippen LogP contribution in [0.2, 0.25) is 0 Å². The highest BCUT2D eigenvalue weighted by Gasteiger charge is 2.27. The Hall–Kier alpha value is -0.810. The van der Waals surface area contributed by atoms with Crippen molar-refractivity contribution in [3.63, 3.8) is 0 Å². The number of rotatable bonds is 3. The Morgan fingerprint density at radius 2 is 1.95 bits per heavy atom. The maximum atomic E-state index is 12.2. The largest absolute Gasteiger partial charge is 0.341 e. The van der Waals surface area contributed by atoms with Crippen molar-refractivity contribution in [2.45, 2.75) is 45.1 Å². The lowest BCUT2D eigenvalue weighted by Crippen LogP contribution is -2.48. The van der Waals surface area contributed by atoms with E-state index in [1.807, 2.05) is 11.8 Å². The van der Waals surface area contributed by atoms with Crippen molar-refractivity contribution in [1.82, 2.24) is 9.80 Å². The van der Waals surface area contributed by atoms with Gasteiger partial charge in [-0.05, 0) is 38.5 Å². The number of carbonyl (C=O) groups is 2. The third-order valence-electron chi connectivity index (χ3n) is 4.38. The predicted octanol–water partition coefficient (Wildman–Crippen LogP) is 1.01. The van der Waals surface area contributed by atoms with Crippen molar-refractivity contribution in [1.29, 1.82) is 0 Å². The quantitative estimate of drug-likeness (QED) is 0.846. The van der Waals surface area contributed by atoms with Gasteiger partial charge < -0.3 is 15.5 Å². The molecule has 5 nitrogen and oxygen atoms in total. The van der Waals surface area contributed by atoms with Crippen LogP contribution in [-0.2, 0) is 9.59 Å². The van der Waals surface area contributed by atoms with Crippen LogP contribution in [0.15, 0.2) is 0 Å². The van der Waals surface area contributed by atoms with Crippen LogP contribution in [0, 0.1) is 5.92 Å². The van der Waals surface area contributed by atoms with Crippen LogP contribution in [0.3, 0.4) is 0 Å². The standard InChI is InChI=1S/C14H25N3O2.ClH/c1-11(15)12-5-8-16(9-6-12)14(19)10-17-7-3-2-4-13(17)18;/h11-12H,2-10,15H2,1H3;1H. The number of hydrogen-bond donors (Lipinski definition) is 1. The molecule has 6 heteroatoms. The second kappa shape index (κ2) is 7.84. The number of nitrogens with zero attached hydrogens (tertiary/aromatic N) is 2. The average molecular weight is 304 g/mol. The van der Waals surface area contributed by atoms with Gasteiger partial charge >= 0.3 is 0 Å². The number of halogens is 1. The molecule has 0 radical (unpaired) electrons. The van der Waals surface area contributed by atoms with Gasteiger partial charge in [0.05, 0.1) is 6.54 Å². The van der Waals surface area contributed by atoms with E-state index in [4.69, 9.17) is 5.73 Å². The molecule has 0 aliphatic carbocycles. The molecule has 2 aliphatic rings. The summed E-state index contributed by atoms with van der Waals surface area (Å²) in [6, 6.07) is 0.209. The molecule has 2 heterocycles. The second-order valence-corrected chi connectivity index (χ2v) is 5.85. The van der Waals surface area contributed by atoms with Crippen molar-refractivity contribution in [2.24, 2.45) is 11.7 Å². The number of piperidine rings is 2. The molecule has 0 bridgehead atoms. The lowest BCUT2D eigenvalue weighted by atomic mass is 9.91. The van der Waals surface area contributed by atoms with E-state index in [1.165, 1.54) is 0 Å². The number of likely N-dealkylation sites (tertiary alicyclic amines) is 2. The fourth-order valence-corrected chi connectivity index (χ4v) is 2.97. The summed E-state index contributed by atoms with van der Waals surface area (Å²) in [5.74, 6) is 0.754. The summed E-state index contributed by atoms with van der Waals surface area (Å²) in [6.07, 6.45) is 4.55. The van der Waals surface area contributed by atoms with Crippen molar-refractivity contribution >= 4 is 24.2 Å². The zero-order chi connectivity index (χ0) is 13.8. The van der Waals surface area contributed by atoms with Gasteiger partial charge in [0.15, 0.2) is 0 Å². The summed E-state index contributed by atoms with van der Waals surface area (Å²) in [4.78, 5) is 27.5. The van der Waals surface area contributed by atoms with Crippen molar-refractivity contribution in [2.75, 3.05) is 26.2 Å². The fourth-order valence-electron chi connectivity index (χ4n) is 2.97. The Bertz CT molecular complexity index is 341. The molecule has 2 aliphatic heterocycles. The molecule has 0 aromatic heterocycles. The van der Waals surface area contributed by atoms with E-state index < -0.39 is 0 Å². The first-order chi connectivity index (χ1) is 9.08. The summed E-state index contributed by atoms with van der Waals surface area (Å²) in [5, 5.41) is 0. The number of carbonyl (C=O) groups excluding carboxylic acids is 2. The molecule has 2 fully saturated rings. The normalized spacial score (nSPS) is 22.4. The maximum Gasteiger partial charge on any atom is 0.242 e. The highest BCUT2D eigenvalue weighted by molar-refractivity contribution is 5.85. The average Bonchev–Trinajstić information content (AvgIpc) is 2.41.